The summed E-state index contributed by atoms with van der Waals surface area (Å²) in [5, 5.41) is 6.44. The van der Waals surface area contributed by atoms with Crippen molar-refractivity contribution in [3.63, 3.8) is 0 Å². The van der Waals surface area contributed by atoms with E-state index in [1.807, 2.05) is 18.2 Å². The van der Waals surface area contributed by atoms with Gasteiger partial charge in [0, 0.05) is 53.6 Å². The van der Waals surface area contributed by atoms with E-state index in [1.54, 1.807) is 11.8 Å². The first kappa shape index (κ1) is 20.0. The Bertz CT molecular complexity index is 919. The Hall–Kier alpha value is -2.31. The largest absolute Gasteiger partial charge is 0.354 e. The van der Waals surface area contributed by atoms with E-state index in [9.17, 15) is 4.79 Å². The minimum atomic E-state index is -0.0286. The normalized spacial score (nSPS) is 16.0. The summed E-state index contributed by atoms with van der Waals surface area (Å²) in [7, 11) is 0. The number of amides is 1. The lowest BCUT2D eigenvalue weighted by Gasteiger charge is -2.30. The van der Waals surface area contributed by atoms with E-state index in [0.29, 0.717) is 18.0 Å². The van der Waals surface area contributed by atoms with Gasteiger partial charge in [-0.25, -0.2) is 4.99 Å². The van der Waals surface area contributed by atoms with Crippen molar-refractivity contribution in [3.8, 4) is 0 Å². The summed E-state index contributed by atoms with van der Waals surface area (Å²) in [4.78, 5) is 22.3. The quantitative estimate of drug-likeness (QED) is 0.805. The molecule has 0 aromatic heterocycles. The third kappa shape index (κ3) is 4.65. The minimum Gasteiger partial charge on any atom is -0.354 e. The maximum atomic E-state index is 12.6. The molecular formula is C23H28N4OS. The van der Waals surface area contributed by atoms with Crippen LogP contribution in [0.2, 0.25) is 0 Å². The zero-order chi connectivity index (χ0) is 20.2. The molecule has 6 heteroatoms. The first-order valence-corrected chi connectivity index (χ1v) is 11.2. The predicted octanol–water partition coefficient (Wildman–Crippen LogP) is 3.91. The van der Waals surface area contributed by atoms with Gasteiger partial charge in [-0.05, 0) is 36.6 Å². The van der Waals surface area contributed by atoms with Crippen molar-refractivity contribution in [3.05, 3.63) is 53.6 Å². The molecule has 2 aliphatic heterocycles. The van der Waals surface area contributed by atoms with Crippen molar-refractivity contribution in [2.24, 2.45) is 10.9 Å². The zero-order valence-electron chi connectivity index (χ0n) is 17.1. The van der Waals surface area contributed by atoms with Crippen molar-refractivity contribution in [2.75, 3.05) is 32.7 Å². The number of rotatable bonds is 4. The molecule has 4 rings (SSSR count). The molecule has 2 aromatic rings. The molecule has 2 N–H and O–H groups in total. The van der Waals surface area contributed by atoms with Gasteiger partial charge in [0.15, 0.2) is 0 Å². The Morgan fingerprint density at radius 3 is 2.76 bits per heavy atom. The topological polar surface area (TPSA) is 56.7 Å². The molecule has 0 radical (unpaired) electrons. The van der Waals surface area contributed by atoms with E-state index in [-0.39, 0.29) is 5.91 Å². The summed E-state index contributed by atoms with van der Waals surface area (Å²) in [6, 6.07) is 14.3. The Balaban J connectivity index is 1.67. The Labute approximate surface area is 177 Å². The predicted molar refractivity (Wildman–Crippen MR) is 119 cm³/mol. The van der Waals surface area contributed by atoms with Crippen LogP contribution in [0.1, 0.15) is 36.2 Å². The summed E-state index contributed by atoms with van der Waals surface area (Å²) < 4.78 is 0. The van der Waals surface area contributed by atoms with Gasteiger partial charge >= 0.3 is 0 Å². The highest BCUT2D eigenvalue weighted by Crippen LogP contribution is 2.41. The van der Waals surface area contributed by atoms with Gasteiger partial charge in [-0.1, -0.05) is 43.8 Å². The van der Waals surface area contributed by atoms with E-state index in [4.69, 9.17) is 4.99 Å². The van der Waals surface area contributed by atoms with Crippen LogP contribution in [0.5, 0.6) is 0 Å². The number of hydrogen-bond acceptors (Lipinski definition) is 5. The van der Waals surface area contributed by atoms with Crippen LogP contribution in [-0.2, 0) is 0 Å². The Morgan fingerprint density at radius 2 is 1.97 bits per heavy atom. The number of carbonyl (C=O) groups is 1. The second-order valence-electron chi connectivity index (χ2n) is 7.89. The van der Waals surface area contributed by atoms with E-state index in [2.05, 4.69) is 53.6 Å². The van der Waals surface area contributed by atoms with Crippen molar-refractivity contribution in [2.45, 2.75) is 30.1 Å². The molecule has 1 amide bonds. The maximum Gasteiger partial charge on any atom is 0.251 e. The molecule has 0 saturated carbocycles. The molecule has 0 aliphatic carbocycles. The number of benzene rings is 2. The lowest BCUT2D eigenvalue weighted by molar-refractivity contribution is 0.0952. The third-order valence-electron chi connectivity index (χ3n) is 5.22. The van der Waals surface area contributed by atoms with Crippen LogP contribution >= 0.6 is 11.8 Å². The average molecular weight is 409 g/mol. The molecule has 1 saturated heterocycles. The number of aliphatic imine (C=N–C) groups is 1. The summed E-state index contributed by atoms with van der Waals surface area (Å²) >= 11 is 1.72. The van der Waals surface area contributed by atoms with E-state index in [1.165, 1.54) is 10.5 Å². The molecule has 2 aliphatic rings. The van der Waals surface area contributed by atoms with Crippen LogP contribution in [0.4, 0.5) is 5.69 Å². The number of carbonyl (C=O) groups excluding carboxylic acids is 1. The number of hydrogen-bond donors (Lipinski definition) is 2. The molecule has 152 valence electrons. The highest BCUT2D eigenvalue weighted by atomic mass is 32.2. The molecule has 0 spiro atoms. The first-order chi connectivity index (χ1) is 14.1. The molecule has 0 unspecified atom stereocenters. The van der Waals surface area contributed by atoms with Crippen LogP contribution in [0, 0.1) is 5.92 Å². The summed E-state index contributed by atoms with van der Waals surface area (Å²) in [5.74, 6) is 1.55. The Kier molecular flexibility index (Phi) is 6.21. The molecule has 2 heterocycles. The van der Waals surface area contributed by atoms with Gasteiger partial charge < -0.3 is 15.5 Å². The number of piperazine rings is 1. The molecule has 0 atom stereocenters. The van der Waals surface area contributed by atoms with Gasteiger partial charge in [0.05, 0.1) is 5.69 Å². The van der Waals surface area contributed by atoms with Crippen LogP contribution in [0.25, 0.3) is 0 Å². The molecular weight excluding hydrogens is 380 g/mol. The summed E-state index contributed by atoms with van der Waals surface area (Å²) in [6.07, 6.45) is 0.979. The molecule has 29 heavy (non-hydrogen) atoms. The van der Waals surface area contributed by atoms with Crippen molar-refractivity contribution in [1.82, 2.24) is 15.5 Å². The standard InChI is InChI=1S/C23H28N4OS/c1-16(2)9-10-25-23(28)17-7-8-21-19(15-17)26-22(27-13-11-24-12-14-27)18-5-3-4-6-20(18)29-21/h3-8,15-16,24H,9-14H2,1-2H3,(H,25,28). The fourth-order valence-electron chi connectivity index (χ4n) is 3.56. The van der Waals surface area contributed by atoms with Gasteiger partial charge in [-0.2, -0.15) is 0 Å². The SMILES string of the molecule is CC(C)CCNC(=O)c1ccc2c(c1)N=C(N1CCNCC1)c1ccccc1S2. The van der Waals surface area contributed by atoms with Crippen LogP contribution in [-0.4, -0.2) is 49.4 Å². The molecule has 1 fully saturated rings. The van der Waals surface area contributed by atoms with E-state index in [0.717, 1.165) is 49.0 Å². The highest BCUT2D eigenvalue weighted by Gasteiger charge is 2.23. The number of nitrogens with zero attached hydrogens (tertiary/aromatic N) is 2. The lowest BCUT2D eigenvalue weighted by Crippen LogP contribution is -2.46. The third-order valence-corrected chi connectivity index (χ3v) is 6.36. The van der Waals surface area contributed by atoms with E-state index < -0.39 is 0 Å². The average Bonchev–Trinajstić information content (AvgIpc) is 2.90. The summed E-state index contributed by atoms with van der Waals surface area (Å²) in [5.41, 5.74) is 2.71. The van der Waals surface area contributed by atoms with Gasteiger partial charge in [0.2, 0.25) is 0 Å². The fourth-order valence-corrected chi connectivity index (χ4v) is 4.56. The monoisotopic (exact) mass is 408 g/mol. The second kappa shape index (κ2) is 9.01. The first-order valence-electron chi connectivity index (χ1n) is 10.4. The van der Waals surface area contributed by atoms with Crippen LogP contribution in [0.15, 0.2) is 57.2 Å². The van der Waals surface area contributed by atoms with E-state index >= 15 is 0 Å². The molecule has 0 bridgehead atoms. The van der Waals surface area contributed by atoms with Crippen molar-refractivity contribution >= 4 is 29.2 Å². The number of amidine groups is 1. The fraction of sp³-hybridized carbons (Fsp3) is 0.391. The van der Waals surface area contributed by atoms with Gasteiger partial charge in [0.25, 0.3) is 5.91 Å². The van der Waals surface area contributed by atoms with Gasteiger partial charge in [-0.3, -0.25) is 4.79 Å². The van der Waals surface area contributed by atoms with Crippen molar-refractivity contribution < 1.29 is 4.79 Å². The van der Waals surface area contributed by atoms with Gasteiger partial charge in [0.1, 0.15) is 5.84 Å². The maximum absolute atomic E-state index is 12.6. The molecule has 5 nitrogen and oxygen atoms in total. The smallest absolute Gasteiger partial charge is 0.251 e. The van der Waals surface area contributed by atoms with Crippen LogP contribution in [0.3, 0.4) is 0 Å². The van der Waals surface area contributed by atoms with Crippen LogP contribution < -0.4 is 10.6 Å². The van der Waals surface area contributed by atoms with Crippen molar-refractivity contribution in [1.29, 1.82) is 0 Å². The highest BCUT2D eigenvalue weighted by molar-refractivity contribution is 7.99. The number of fused-ring (bicyclic) bond motifs is 2. The van der Waals surface area contributed by atoms with Gasteiger partial charge in [-0.15, -0.1) is 0 Å². The molecule has 2 aromatic carbocycles. The minimum absolute atomic E-state index is 0.0286. The Morgan fingerprint density at radius 1 is 1.17 bits per heavy atom. The second-order valence-corrected chi connectivity index (χ2v) is 8.98. The zero-order valence-corrected chi connectivity index (χ0v) is 17.9. The lowest BCUT2D eigenvalue weighted by atomic mass is 10.1. The number of nitrogens with one attached hydrogen (secondary N) is 2. The summed E-state index contributed by atoms with van der Waals surface area (Å²) in [6.45, 7) is 8.80.